The molecule has 4 nitrogen and oxygen atoms in total. The fourth-order valence-corrected chi connectivity index (χ4v) is 6.80. The third-order valence-electron chi connectivity index (χ3n) is 9.99. The van der Waals surface area contributed by atoms with Gasteiger partial charge in [-0.3, -0.25) is 9.55 Å². The number of phenols is 1. The molecule has 0 aliphatic heterocycles. The van der Waals surface area contributed by atoms with Crippen molar-refractivity contribution in [1.82, 2.24) is 14.5 Å². The van der Waals surface area contributed by atoms with E-state index < -0.39 is 0 Å². The summed E-state index contributed by atoms with van der Waals surface area (Å²) >= 11 is 0. The fraction of sp³-hybridized carbons (Fsp3) is 0.250. The minimum atomic E-state index is -0.108. The summed E-state index contributed by atoms with van der Waals surface area (Å²) in [4.78, 5) is 10.2. The van der Waals surface area contributed by atoms with Gasteiger partial charge in [-0.25, -0.2) is 4.98 Å². The normalized spacial score (nSPS) is 12.4. The second-order valence-electron chi connectivity index (χ2n) is 17.1. The van der Waals surface area contributed by atoms with E-state index in [1.807, 2.05) is 42.6 Å². The summed E-state index contributed by atoms with van der Waals surface area (Å²) in [5, 5.41) is 11.2. The lowest BCUT2D eigenvalue weighted by molar-refractivity contribution is 0.477. The number of fused-ring (bicyclic) bond motifs is 1. The molecule has 0 saturated heterocycles. The topological polar surface area (TPSA) is 50.9 Å². The number of rotatable bonds is 5. The van der Waals surface area contributed by atoms with E-state index in [1.165, 1.54) is 22.3 Å². The Morgan fingerprint density at radius 2 is 1.06 bits per heavy atom. The second-order valence-corrected chi connectivity index (χ2v) is 17.1. The first-order valence-corrected chi connectivity index (χ1v) is 18.2. The van der Waals surface area contributed by atoms with Crippen molar-refractivity contribution in [2.45, 2.75) is 78.6 Å². The number of aromatic nitrogens is 3. The smallest absolute Gasteiger partial charge is 0.149 e. The Balaban J connectivity index is 1.64. The van der Waals surface area contributed by atoms with Crippen LogP contribution in [0, 0.1) is 0 Å². The van der Waals surface area contributed by atoms with Gasteiger partial charge in [0.05, 0.1) is 22.3 Å². The van der Waals surface area contributed by atoms with Crippen LogP contribution in [-0.4, -0.2) is 19.6 Å². The van der Waals surface area contributed by atoms with Crippen LogP contribution in [0.1, 0.15) is 79.0 Å². The van der Waals surface area contributed by atoms with E-state index >= 15 is 0 Å². The number of phenolic OH excluding ortho intramolecular Hbond substituents is 1. The summed E-state index contributed by atoms with van der Waals surface area (Å²) < 4.78 is 2.20. The molecule has 4 heteroatoms. The Morgan fingerprint density at radius 1 is 0.500 bits per heavy atom. The first-order valence-electron chi connectivity index (χ1n) is 18.2. The zero-order valence-corrected chi connectivity index (χ0v) is 31.9. The first-order chi connectivity index (χ1) is 24.6. The minimum absolute atomic E-state index is 0.0363. The van der Waals surface area contributed by atoms with Crippen LogP contribution in [0.5, 0.6) is 5.75 Å². The lowest BCUT2D eigenvalue weighted by atomic mass is 9.78. The van der Waals surface area contributed by atoms with Crippen LogP contribution >= 0.6 is 0 Å². The molecule has 0 fully saturated rings. The first kappa shape index (κ1) is 34.9. The highest BCUT2D eigenvalue weighted by Gasteiger charge is 2.25. The average molecular weight is 684 g/mol. The number of hydrogen-bond acceptors (Lipinski definition) is 3. The molecule has 0 aliphatic carbocycles. The maximum atomic E-state index is 11.2. The Kier molecular flexibility index (Phi) is 8.69. The highest BCUT2D eigenvalue weighted by molar-refractivity contribution is 6.00. The lowest BCUT2D eigenvalue weighted by Crippen LogP contribution is -2.16. The van der Waals surface area contributed by atoms with Crippen molar-refractivity contribution >= 4 is 11.0 Å². The van der Waals surface area contributed by atoms with Gasteiger partial charge in [0.15, 0.2) is 0 Å². The van der Waals surface area contributed by atoms with Gasteiger partial charge in [0.2, 0.25) is 0 Å². The fourth-order valence-electron chi connectivity index (χ4n) is 6.80. The summed E-state index contributed by atoms with van der Waals surface area (Å²) in [7, 11) is 0. The SMILES string of the molecule is CC(C)(C)c1cc(-c2ccccn2)cc(-c2cc(-c3cc(C(C)(C)C)cc(C(C)(C)C)c3)cc3c2nc(-c2ccccc2O)n3-c2ccccc2)c1. The van der Waals surface area contributed by atoms with E-state index in [-0.39, 0.29) is 22.0 Å². The molecule has 2 aromatic heterocycles. The molecule has 0 saturated carbocycles. The molecule has 0 spiro atoms. The van der Waals surface area contributed by atoms with Gasteiger partial charge >= 0.3 is 0 Å². The lowest BCUT2D eigenvalue weighted by Gasteiger charge is -2.26. The molecule has 0 unspecified atom stereocenters. The van der Waals surface area contributed by atoms with Crippen LogP contribution in [0.25, 0.3) is 61.6 Å². The van der Waals surface area contributed by atoms with Crippen molar-refractivity contribution in [2.24, 2.45) is 0 Å². The van der Waals surface area contributed by atoms with Crippen LogP contribution < -0.4 is 0 Å². The largest absolute Gasteiger partial charge is 0.507 e. The van der Waals surface area contributed by atoms with Gasteiger partial charge in [0.25, 0.3) is 0 Å². The molecule has 5 aromatic carbocycles. The zero-order valence-electron chi connectivity index (χ0n) is 31.9. The van der Waals surface area contributed by atoms with Crippen LogP contribution in [0.2, 0.25) is 0 Å². The van der Waals surface area contributed by atoms with Crippen LogP contribution in [-0.2, 0) is 16.2 Å². The summed E-state index contributed by atoms with van der Waals surface area (Å²) in [6, 6.07) is 42.4. The standard InChI is InChI=1S/C48H49N3O/c1-46(2,3)35-26-33(23-34(27-35)41-20-15-16-22-49-41)40-28-32(31-24-36(47(4,5)6)30-37(25-31)48(7,8)9)29-42-44(40)50-45(39-19-13-14-21-43(39)52)51(42)38-17-11-10-12-18-38/h10-30,52H,1-9H3. The van der Waals surface area contributed by atoms with Crippen LogP contribution in [0.15, 0.2) is 128 Å². The Bertz CT molecular complexity index is 2370. The number of para-hydroxylation sites is 2. The van der Waals surface area contributed by atoms with Crippen molar-refractivity contribution in [3.8, 4) is 56.3 Å². The predicted octanol–water partition coefficient (Wildman–Crippen LogP) is 12.7. The summed E-state index contributed by atoms with van der Waals surface area (Å²) in [5.41, 5.74) is 13.5. The second kappa shape index (κ2) is 12.9. The van der Waals surface area contributed by atoms with Crippen molar-refractivity contribution in [3.63, 3.8) is 0 Å². The van der Waals surface area contributed by atoms with Gasteiger partial charge < -0.3 is 5.11 Å². The summed E-state index contributed by atoms with van der Waals surface area (Å²) in [6.45, 7) is 20.5. The molecule has 0 radical (unpaired) electrons. The van der Waals surface area contributed by atoms with E-state index in [9.17, 15) is 5.11 Å². The number of nitrogens with zero attached hydrogens (tertiary/aromatic N) is 3. The zero-order chi connectivity index (χ0) is 37.0. The summed E-state index contributed by atoms with van der Waals surface area (Å²) in [6.07, 6.45) is 1.85. The molecule has 0 aliphatic rings. The molecule has 262 valence electrons. The number of pyridine rings is 1. The molecule has 7 aromatic rings. The van der Waals surface area contributed by atoms with Gasteiger partial charge in [-0.2, -0.15) is 0 Å². The van der Waals surface area contributed by atoms with Crippen molar-refractivity contribution in [2.75, 3.05) is 0 Å². The third-order valence-corrected chi connectivity index (χ3v) is 9.99. The Labute approximate surface area is 308 Å². The van der Waals surface area contributed by atoms with E-state index in [2.05, 4.69) is 146 Å². The van der Waals surface area contributed by atoms with Gasteiger partial charge in [0.1, 0.15) is 11.6 Å². The van der Waals surface area contributed by atoms with Crippen molar-refractivity contribution in [1.29, 1.82) is 0 Å². The van der Waals surface area contributed by atoms with Crippen molar-refractivity contribution < 1.29 is 5.11 Å². The van der Waals surface area contributed by atoms with Crippen LogP contribution in [0.3, 0.4) is 0 Å². The molecule has 2 heterocycles. The van der Waals surface area contributed by atoms with Gasteiger partial charge in [-0.15, -0.1) is 0 Å². The van der Waals surface area contributed by atoms with E-state index in [1.54, 1.807) is 6.07 Å². The maximum absolute atomic E-state index is 11.2. The third kappa shape index (κ3) is 6.78. The Morgan fingerprint density at radius 3 is 1.67 bits per heavy atom. The number of hydrogen-bond donors (Lipinski definition) is 1. The van der Waals surface area contributed by atoms with Gasteiger partial charge in [-0.05, 0) is 110 Å². The molecule has 7 rings (SSSR count). The van der Waals surface area contributed by atoms with E-state index in [0.717, 1.165) is 44.7 Å². The van der Waals surface area contributed by atoms with E-state index in [0.29, 0.717) is 11.4 Å². The predicted molar refractivity (Wildman–Crippen MR) is 218 cm³/mol. The molecular weight excluding hydrogens is 635 g/mol. The average Bonchev–Trinajstić information content (AvgIpc) is 3.50. The number of aromatic hydroxyl groups is 1. The maximum Gasteiger partial charge on any atom is 0.149 e. The number of benzene rings is 5. The quantitative estimate of drug-likeness (QED) is 0.196. The van der Waals surface area contributed by atoms with E-state index in [4.69, 9.17) is 9.97 Å². The highest BCUT2D eigenvalue weighted by atomic mass is 16.3. The molecule has 0 bridgehead atoms. The monoisotopic (exact) mass is 683 g/mol. The van der Waals surface area contributed by atoms with Gasteiger partial charge in [-0.1, -0.05) is 123 Å². The molecule has 1 N–H and O–H groups in total. The molecular formula is C48H49N3O. The number of imidazole rings is 1. The Hall–Kier alpha value is -5.48. The highest BCUT2D eigenvalue weighted by Crippen LogP contribution is 2.43. The van der Waals surface area contributed by atoms with Crippen LogP contribution in [0.4, 0.5) is 0 Å². The molecule has 0 atom stereocenters. The molecule has 52 heavy (non-hydrogen) atoms. The van der Waals surface area contributed by atoms with Crippen molar-refractivity contribution in [3.05, 3.63) is 144 Å². The minimum Gasteiger partial charge on any atom is -0.507 e. The summed E-state index contributed by atoms with van der Waals surface area (Å²) in [5.74, 6) is 0.880. The van der Waals surface area contributed by atoms with Gasteiger partial charge in [0, 0.05) is 23.0 Å². The molecule has 0 amide bonds.